The number of rotatable bonds is 4. The lowest BCUT2D eigenvalue weighted by molar-refractivity contribution is 0.670. The van der Waals surface area contributed by atoms with E-state index in [0.29, 0.717) is 0 Å². The topological polar surface area (TPSA) is 13.1 Å². The summed E-state index contributed by atoms with van der Waals surface area (Å²) in [5.74, 6) is 0. The van der Waals surface area contributed by atoms with Crippen LogP contribution in [0, 0.1) is 6.92 Å². The quantitative estimate of drug-likeness (QED) is 0.171. The molecule has 0 aliphatic carbocycles. The lowest BCUT2D eigenvalue weighted by atomic mass is 9.82. The summed E-state index contributed by atoms with van der Waals surface area (Å²) in [5.41, 5.74) is 11.9. The molecule has 0 N–H and O–H groups in total. The van der Waals surface area contributed by atoms with Crippen molar-refractivity contribution in [2.45, 2.75) is 20.3 Å². The van der Waals surface area contributed by atoms with Gasteiger partial charge in [-0.2, -0.15) is 0 Å². The van der Waals surface area contributed by atoms with E-state index in [1.807, 2.05) is 0 Å². The molecular weight excluding hydrogens is 629 g/mol. The van der Waals surface area contributed by atoms with Gasteiger partial charge in [0.1, 0.15) is 11.2 Å². The van der Waals surface area contributed by atoms with Gasteiger partial charge in [-0.25, -0.2) is 0 Å². The predicted molar refractivity (Wildman–Crippen MR) is 223 cm³/mol. The molecule has 10 aromatic carbocycles. The Hall–Kier alpha value is -6.44. The van der Waals surface area contributed by atoms with Crippen LogP contribution in [0.1, 0.15) is 18.1 Å². The summed E-state index contributed by atoms with van der Waals surface area (Å²) in [6.07, 6.45) is 1.01. The maximum Gasteiger partial charge on any atom is 0.143 e. The molecular formula is C51H34O. The van der Waals surface area contributed by atoms with Gasteiger partial charge in [0.15, 0.2) is 0 Å². The average Bonchev–Trinajstić information content (AvgIpc) is 3.59. The Morgan fingerprint density at radius 1 is 0.385 bits per heavy atom. The van der Waals surface area contributed by atoms with Crippen LogP contribution >= 0.6 is 0 Å². The molecule has 0 radical (unpaired) electrons. The van der Waals surface area contributed by atoms with Crippen molar-refractivity contribution in [1.29, 1.82) is 0 Å². The Morgan fingerprint density at radius 2 is 0.942 bits per heavy atom. The van der Waals surface area contributed by atoms with Crippen LogP contribution < -0.4 is 0 Å². The lowest BCUT2D eigenvalue weighted by Crippen LogP contribution is -1.94. The van der Waals surface area contributed by atoms with E-state index in [1.165, 1.54) is 92.8 Å². The van der Waals surface area contributed by atoms with Gasteiger partial charge in [-0.3, -0.25) is 0 Å². The molecule has 0 saturated heterocycles. The van der Waals surface area contributed by atoms with Crippen LogP contribution in [0.15, 0.2) is 162 Å². The third kappa shape index (κ3) is 4.05. The van der Waals surface area contributed by atoms with E-state index in [0.717, 1.165) is 33.9 Å². The SMILES string of the molecule is CCc1ccc(-c2ccc3ccc4c(-c5ccc(C)c6ccccc56)cc(-c5cccc6c5oc5ccccc56)c5ccc2c3c45)c2ccccc12. The minimum absolute atomic E-state index is 0.915. The molecule has 0 aliphatic heterocycles. The number of fused-ring (bicyclic) bond motifs is 5. The van der Waals surface area contributed by atoms with Crippen molar-refractivity contribution >= 4 is 75.8 Å². The van der Waals surface area contributed by atoms with Crippen LogP contribution in [-0.2, 0) is 6.42 Å². The molecule has 1 heteroatoms. The highest BCUT2D eigenvalue weighted by molar-refractivity contribution is 6.31. The number of aryl methyl sites for hydroxylation is 2. The minimum atomic E-state index is 0.915. The number of benzene rings is 10. The zero-order valence-electron chi connectivity index (χ0n) is 29.1. The molecule has 11 aromatic rings. The maximum absolute atomic E-state index is 6.70. The summed E-state index contributed by atoms with van der Waals surface area (Å²) < 4.78 is 6.70. The maximum atomic E-state index is 6.70. The number of hydrogen-bond donors (Lipinski definition) is 0. The van der Waals surface area contributed by atoms with E-state index in [1.54, 1.807) is 0 Å². The smallest absolute Gasteiger partial charge is 0.143 e. The van der Waals surface area contributed by atoms with Gasteiger partial charge in [-0.1, -0.05) is 153 Å². The van der Waals surface area contributed by atoms with Gasteiger partial charge >= 0.3 is 0 Å². The van der Waals surface area contributed by atoms with Gasteiger partial charge in [-0.05, 0) is 118 Å². The third-order valence-corrected chi connectivity index (χ3v) is 11.6. The van der Waals surface area contributed by atoms with Gasteiger partial charge in [0.2, 0.25) is 0 Å². The molecule has 1 heterocycles. The number of para-hydroxylation sites is 2. The van der Waals surface area contributed by atoms with Crippen molar-refractivity contribution in [2.24, 2.45) is 0 Å². The molecule has 0 atom stereocenters. The van der Waals surface area contributed by atoms with Crippen LogP contribution in [0.4, 0.5) is 0 Å². The highest BCUT2D eigenvalue weighted by atomic mass is 16.3. The summed E-state index contributed by atoms with van der Waals surface area (Å²) in [6.45, 7) is 4.46. The Balaban J connectivity index is 1.30. The first-order valence-electron chi connectivity index (χ1n) is 18.3. The normalized spacial score (nSPS) is 12.1. The predicted octanol–water partition coefficient (Wildman–Crippen LogP) is 14.7. The van der Waals surface area contributed by atoms with Gasteiger partial charge in [-0.15, -0.1) is 0 Å². The fraction of sp³-hybridized carbons (Fsp3) is 0.0588. The van der Waals surface area contributed by atoms with Crippen LogP contribution in [-0.4, -0.2) is 0 Å². The summed E-state index contributed by atoms with van der Waals surface area (Å²) in [5, 5.41) is 15.2. The summed E-state index contributed by atoms with van der Waals surface area (Å²) in [6, 6.07) is 58.5. The molecule has 0 amide bonds. The average molecular weight is 663 g/mol. The largest absolute Gasteiger partial charge is 0.455 e. The fourth-order valence-electron chi connectivity index (χ4n) is 9.13. The number of hydrogen-bond acceptors (Lipinski definition) is 1. The van der Waals surface area contributed by atoms with E-state index in [4.69, 9.17) is 4.42 Å². The molecule has 0 spiro atoms. The van der Waals surface area contributed by atoms with E-state index in [2.05, 4.69) is 172 Å². The standard InChI is InChI=1S/C51H34O/c1-3-31-20-24-37(36-14-7-5-12-34(31)36)38-25-21-32-22-26-42-46(39-23-19-30(2)33-11-4-6-13-35(33)39)29-47(43-28-27-41(38)49(32)50(42)43)45-17-10-16-44-40-15-8-9-18-48(40)52-51(44)45/h4-29H,3H2,1-2H3. The highest BCUT2D eigenvalue weighted by Gasteiger charge is 2.22. The van der Waals surface area contributed by atoms with Crippen LogP contribution in [0.5, 0.6) is 0 Å². The van der Waals surface area contributed by atoms with Crippen molar-refractivity contribution in [3.63, 3.8) is 0 Å². The Morgan fingerprint density at radius 3 is 1.75 bits per heavy atom. The second-order valence-electron chi connectivity index (χ2n) is 14.3. The first-order valence-corrected chi connectivity index (χ1v) is 18.3. The van der Waals surface area contributed by atoms with E-state index in [9.17, 15) is 0 Å². The molecule has 0 saturated carbocycles. The second-order valence-corrected chi connectivity index (χ2v) is 14.3. The molecule has 0 unspecified atom stereocenters. The molecule has 11 rings (SSSR count). The zero-order chi connectivity index (χ0) is 34.5. The van der Waals surface area contributed by atoms with E-state index >= 15 is 0 Å². The number of furan rings is 1. The summed E-state index contributed by atoms with van der Waals surface area (Å²) >= 11 is 0. The van der Waals surface area contributed by atoms with Crippen molar-refractivity contribution in [2.75, 3.05) is 0 Å². The Bertz CT molecular complexity index is 3230. The van der Waals surface area contributed by atoms with Crippen molar-refractivity contribution < 1.29 is 4.42 Å². The molecule has 0 bridgehead atoms. The monoisotopic (exact) mass is 662 g/mol. The minimum Gasteiger partial charge on any atom is -0.455 e. The van der Waals surface area contributed by atoms with E-state index in [-0.39, 0.29) is 0 Å². The molecule has 0 aliphatic rings. The summed E-state index contributed by atoms with van der Waals surface area (Å²) in [4.78, 5) is 0. The van der Waals surface area contributed by atoms with Crippen molar-refractivity contribution in [3.05, 3.63) is 169 Å². The molecule has 0 fully saturated rings. The molecule has 244 valence electrons. The van der Waals surface area contributed by atoms with Crippen LogP contribution in [0.3, 0.4) is 0 Å². The van der Waals surface area contributed by atoms with Gasteiger partial charge in [0.25, 0.3) is 0 Å². The van der Waals surface area contributed by atoms with Crippen molar-refractivity contribution in [1.82, 2.24) is 0 Å². The van der Waals surface area contributed by atoms with Gasteiger partial charge < -0.3 is 4.42 Å². The Kier molecular flexibility index (Phi) is 6.22. The van der Waals surface area contributed by atoms with Gasteiger partial charge in [0, 0.05) is 16.3 Å². The first kappa shape index (κ1) is 29.3. The fourth-order valence-corrected chi connectivity index (χ4v) is 9.13. The zero-order valence-corrected chi connectivity index (χ0v) is 29.1. The molecule has 1 nitrogen and oxygen atoms in total. The summed E-state index contributed by atoms with van der Waals surface area (Å²) in [7, 11) is 0. The van der Waals surface area contributed by atoms with E-state index < -0.39 is 0 Å². The van der Waals surface area contributed by atoms with Crippen LogP contribution in [0.25, 0.3) is 109 Å². The molecule has 52 heavy (non-hydrogen) atoms. The van der Waals surface area contributed by atoms with Crippen LogP contribution in [0.2, 0.25) is 0 Å². The third-order valence-electron chi connectivity index (χ3n) is 11.6. The van der Waals surface area contributed by atoms with Crippen molar-refractivity contribution in [3.8, 4) is 33.4 Å². The second kappa shape index (κ2) is 11.0. The molecule has 1 aromatic heterocycles. The Labute approximate surface area is 301 Å². The lowest BCUT2D eigenvalue weighted by Gasteiger charge is -2.21. The van der Waals surface area contributed by atoms with Gasteiger partial charge in [0.05, 0.1) is 0 Å². The highest BCUT2D eigenvalue weighted by Crippen LogP contribution is 2.49. The first-order chi connectivity index (χ1) is 25.7.